The van der Waals surface area contributed by atoms with E-state index in [1.165, 1.54) is 0 Å². The van der Waals surface area contributed by atoms with Gasteiger partial charge in [-0.05, 0) is 39.5 Å². The van der Waals surface area contributed by atoms with Gasteiger partial charge in [0.25, 0.3) is 0 Å². The molecule has 6 heteroatoms. The van der Waals surface area contributed by atoms with Crippen molar-refractivity contribution in [2.45, 2.75) is 45.6 Å². The van der Waals surface area contributed by atoms with E-state index in [-0.39, 0.29) is 31.8 Å². The normalized spacial score (nSPS) is 21.6. The maximum absolute atomic E-state index is 11.8. The highest BCUT2D eigenvalue weighted by Gasteiger charge is 2.31. The average Bonchev–Trinajstić information content (AvgIpc) is 2.48. The third kappa shape index (κ3) is 5.72. The lowest BCUT2D eigenvalue weighted by molar-refractivity contribution is -0.165. The zero-order valence-corrected chi connectivity index (χ0v) is 12.7. The van der Waals surface area contributed by atoms with Gasteiger partial charge in [-0.15, -0.1) is 0 Å². The molecule has 1 saturated carbocycles. The largest absolute Gasteiger partial charge is 0.465 e. The van der Waals surface area contributed by atoms with E-state index in [4.69, 9.17) is 19.5 Å². The van der Waals surface area contributed by atoms with Gasteiger partial charge in [0, 0.05) is 5.92 Å². The van der Waals surface area contributed by atoms with Crippen molar-refractivity contribution in [1.82, 2.24) is 0 Å². The lowest BCUT2D eigenvalue weighted by atomic mass is 9.88. The zero-order chi connectivity index (χ0) is 15.7. The molecule has 0 atom stereocenters. The Labute approximate surface area is 125 Å². The predicted molar refractivity (Wildman–Crippen MR) is 74.1 cm³/mol. The van der Waals surface area contributed by atoms with Crippen molar-refractivity contribution in [2.75, 3.05) is 19.8 Å². The number of carbonyl (C=O) groups is 2. The summed E-state index contributed by atoms with van der Waals surface area (Å²) < 4.78 is 15.4. The minimum atomic E-state index is -1.03. The number of nitrogens with zero attached hydrogens (tertiary/aromatic N) is 1. The molecule has 0 radical (unpaired) electrons. The highest BCUT2D eigenvalue weighted by molar-refractivity contribution is 5.95. The molecule has 0 amide bonds. The van der Waals surface area contributed by atoms with E-state index in [1.54, 1.807) is 13.8 Å². The molecule has 0 unspecified atom stereocenters. The second-order valence-corrected chi connectivity index (χ2v) is 4.99. The summed E-state index contributed by atoms with van der Waals surface area (Å²) in [5.74, 6) is -2.15. The Hall–Kier alpha value is -1.61. The first-order valence-corrected chi connectivity index (χ1v) is 7.46. The van der Waals surface area contributed by atoms with Crippen molar-refractivity contribution < 1.29 is 23.8 Å². The smallest absolute Gasteiger partial charge is 0.322 e. The van der Waals surface area contributed by atoms with Crippen molar-refractivity contribution in [3.63, 3.8) is 0 Å². The quantitative estimate of drug-likeness (QED) is 0.526. The van der Waals surface area contributed by atoms with Gasteiger partial charge in [-0.1, -0.05) is 0 Å². The molecule has 0 heterocycles. The van der Waals surface area contributed by atoms with Crippen LogP contribution in [0.5, 0.6) is 0 Å². The molecule has 0 bridgehead atoms. The van der Waals surface area contributed by atoms with Crippen LogP contribution in [0.3, 0.4) is 0 Å². The molecule has 1 aliphatic rings. The van der Waals surface area contributed by atoms with Gasteiger partial charge < -0.3 is 14.2 Å². The van der Waals surface area contributed by atoms with Crippen LogP contribution >= 0.6 is 0 Å². The summed E-state index contributed by atoms with van der Waals surface area (Å²) in [7, 11) is 0. The van der Waals surface area contributed by atoms with Gasteiger partial charge >= 0.3 is 11.9 Å². The summed E-state index contributed by atoms with van der Waals surface area (Å²) in [4.78, 5) is 23.6. The molecule has 0 aliphatic heterocycles. The molecule has 1 rings (SSSR count). The topological polar surface area (TPSA) is 85.6 Å². The van der Waals surface area contributed by atoms with Gasteiger partial charge in [-0.25, -0.2) is 0 Å². The molecular formula is C15H23NO5. The Morgan fingerprint density at radius 1 is 1.10 bits per heavy atom. The molecule has 0 aromatic carbocycles. The lowest BCUT2D eigenvalue weighted by Gasteiger charge is -2.26. The van der Waals surface area contributed by atoms with Crippen LogP contribution in [-0.4, -0.2) is 37.9 Å². The Bertz CT molecular complexity index is 364. The third-order valence-corrected chi connectivity index (χ3v) is 3.50. The zero-order valence-electron chi connectivity index (χ0n) is 12.7. The van der Waals surface area contributed by atoms with E-state index in [2.05, 4.69) is 6.07 Å². The molecule has 1 fully saturated rings. The highest BCUT2D eigenvalue weighted by atomic mass is 16.6. The standard InChI is InChI=1S/C15H23NO5/c1-3-19-14(17)13(15(18)20-4-2)10-21-12-7-5-11(9-16)6-8-12/h11-13H,3-8,10H2,1-2H3. The molecule has 0 N–H and O–H groups in total. The molecule has 0 aromatic rings. The second kappa shape index (κ2) is 9.35. The van der Waals surface area contributed by atoms with Crippen LogP contribution in [0.15, 0.2) is 0 Å². The summed E-state index contributed by atoms with van der Waals surface area (Å²) in [6.07, 6.45) is 3.13. The Kier molecular flexibility index (Phi) is 7.76. The van der Waals surface area contributed by atoms with Gasteiger partial charge in [0.05, 0.1) is 32.0 Å². The Balaban J connectivity index is 2.47. The monoisotopic (exact) mass is 297 g/mol. The van der Waals surface area contributed by atoms with Crippen molar-refractivity contribution in [3.05, 3.63) is 0 Å². The van der Waals surface area contributed by atoms with Gasteiger partial charge in [0.1, 0.15) is 0 Å². The number of nitriles is 1. The fraction of sp³-hybridized carbons (Fsp3) is 0.800. The lowest BCUT2D eigenvalue weighted by Crippen LogP contribution is -2.34. The highest BCUT2D eigenvalue weighted by Crippen LogP contribution is 2.26. The fourth-order valence-electron chi connectivity index (χ4n) is 2.31. The molecule has 6 nitrogen and oxygen atoms in total. The van der Waals surface area contributed by atoms with Crippen LogP contribution in [0.2, 0.25) is 0 Å². The number of esters is 2. The van der Waals surface area contributed by atoms with Gasteiger partial charge in [-0.2, -0.15) is 5.26 Å². The van der Waals surface area contributed by atoms with E-state index < -0.39 is 17.9 Å². The van der Waals surface area contributed by atoms with Gasteiger partial charge in [0.15, 0.2) is 5.92 Å². The summed E-state index contributed by atoms with van der Waals surface area (Å²) in [5.41, 5.74) is 0. The number of rotatable bonds is 7. The van der Waals surface area contributed by atoms with Crippen LogP contribution in [0, 0.1) is 23.2 Å². The van der Waals surface area contributed by atoms with Crippen LogP contribution in [0.1, 0.15) is 39.5 Å². The van der Waals surface area contributed by atoms with E-state index >= 15 is 0 Å². The average molecular weight is 297 g/mol. The van der Waals surface area contributed by atoms with Crippen molar-refractivity contribution >= 4 is 11.9 Å². The summed E-state index contributed by atoms with van der Waals surface area (Å²) in [6.45, 7) is 3.76. The summed E-state index contributed by atoms with van der Waals surface area (Å²) >= 11 is 0. The molecule has 0 spiro atoms. The van der Waals surface area contributed by atoms with Crippen molar-refractivity contribution in [3.8, 4) is 6.07 Å². The number of ether oxygens (including phenoxy) is 3. The summed E-state index contributed by atoms with van der Waals surface area (Å²) in [5, 5.41) is 8.85. The molecule has 0 aromatic heterocycles. The molecule has 0 saturated heterocycles. The maximum Gasteiger partial charge on any atom is 0.322 e. The molecule has 21 heavy (non-hydrogen) atoms. The SMILES string of the molecule is CCOC(=O)C(COC1CCC(C#N)CC1)C(=O)OCC. The van der Waals surface area contributed by atoms with Crippen LogP contribution in [-0.2, 0) is 23.8 Å². The van der Waals surface area contributed by atoms with E-state index in [1.807, 2.05) is 0 Å². The third-order valence-electron chi connectivity index (χ3n) is 3.50. The van der Waals surface area contributed by atoms with Crippen LogP contribution < -0.4 is 0 Å². The molecule has 1 aliphatic carbocycles. The van der Waals surface area contributed by atoms with Gasteiger partial charge in [0.2, 0.25) is 0 Å². The second-order valence-electron chi connectivity index (χ2n) is 4.99. The Morgan fingerprint density at radius 3 is 2.05 bits per heavy atom. The summed E-state index contributed by atoms with van der Waals surface area (Å²) in [6, 6.07) is 2.26. The van der Waals surface area contributed by atoms with E-state index in [0.29, 0.717) is 0 Å². The first-order chi connectivity index (χ1) is 10.1. The first kappa shape index (κ1) is 17.4. The van der Waals surface area contributed by atoms with Crippen LogP contribution in [0.25, 0.3) is 0 Å². The van der Waals surface area contributed by atoms with Crippen LogP contribution in [0.4, 0.5) is 0 Å². The predicted octanol–water partition coefficient (Wildman–Crippen LogP) is 1.83. The number of carbonyl (C=O) groups excluding carboxylic acids is 2. The van der Waals surface area contributed by atoms with Crippen molar-refractivity contribution in [2.24, 2.45) is 11.8 Å². The van der Waals surface area contributed by atoms with E-state index in [0.717, 1.165) is 25.7 Å². The molecule has 118 valence electrons. The number of hydrogen-bond donors (Lipinski definition) is 0. The fourth-order valence-corrected chi connectivity index (χ4v) is 2.31. The number of hydrogen-bond acceptors (Lipinski definition) is 6. The maximum atomic E-state index is 11.8. The van der Waals surface area contributed by atoms with Crippen molar-refractivity contribution in [1.29, 1.82) is 5.26 Å². The van der Waals surface area contributed by atoms with Gasteiger partial charge in [-0.3, -0.25) is 9.59 Å². The van der Waals surface area contributed by atoms with E-state index in [9.17, 15) is 9.59 Å². The Morgan fingerprint density at radius 2 is 1.62 bits per heavy atom. The minimum absolute atomic E-state index is 0.0130. The first-order valence-electron chi connectivity index (χ1n) is 7.46. The molecular weight excluding hydrogens is 274 g/mol. The minimum Gasteiger partial charge on any atom is -0.465 e.